The molecule has 0 amide bonds. The van der Waals surface area contributed by atoms with Gasteiger partial charge in [0, 0.05) is 17.7 Å². The topological polar surface area (TPSA) is 86.8 Å². The second-order valence-corrected chi connectivity index (χ2v) is 9.24. The summed E-state index contributed by atoms with van der Waals surface area (Å²) in [4.78, 5) is 3.69. The minimum absolute atomic E-state index is 0.194. The van der Waals surface area contributed by atoms with Crippen molar-refractivity contribution in [2.24, 2.45) is 0 Å². The smallest absolute Gasteiger partial charge is 0.480 e. The van der Waals surface area contributed by atoms with E-state index in [9.17, 15) is 17.2 Å². The molecule has 0 saturated carbocycles. The van der Waals surface area contributed by atoms with Crippen LogP contribution in [0.25, 0.3) is 0 Å². The number of ether oxygens (including phenoxy) is 1. The highest BCUT2D eigenvalue weighted by molar-refractivity contribution is 7.92. The van der Waals surface area contributed by atoms with Crippen molar-refractivity contribution in [3.8, 4) is 5.88 Å². The molecule has 1 N–H and O–H groups in total. The first-order chi connectivity index (χ1) is 13.4. The molecule has 7 nitrogen and oxygen atoms in total. The van der Waals surface area contributed by atoms with Gasteiger partial charge < -0.3 is 14.0 Å². The molecular formula is C18H21BF2N2O5S. The molecule has 29 heavy (non-hydrogen) atoms. The number of halogens is 2. The van der Waals surface area contributed by atoms with Crippen LogP contribution >= 0.6 is 0 Å². The first kappa shape index (κ1) is 21.5. The predicted octanol–water partition coefficient (Wildman–Crippen LogP) is 2.47. The summed E-state index contributed by atoms with van der Waals surface area (Å²) in [5.41, 5.74) is -1.32. The lowest BCUT2D eigenvalue weighted by Gasteiger charge is -2.32. The van der Waals surface area contributed by atoms with E-state index in [0.717, 1.165) is 12.1 Å². The summed E-state index contributed by atoms with van der Waals surface area (Å²) in [6, 6.07) is 3.79. The number of hydrogen-bond acceptors (Lipinski definition) is 6. The van der Waals surface area contributed by atoms with Gasteiger partial charge in [0.05, 0.1) is 24.0 Å². The Kier molecular flexibility index (Phi) is 5.35. The molecule has 1 fully saturated rings. The molecule has 1 aromatic carbocycles. The SMILES string of the molecule is COc1ncc(B2OC(C)(C)C(C)(C)O2)cc1S(=O)(=O)Nc1ccc(F)cc1F. The van der Waals surface area contributed by atoms with Crippen molar-refractivity contribution < 1.29 is 31.2 Å². The van der Waals surface area contributed by atoms with E-state index in [0.29, 0.717) is 11.5 Å². The summed E-state index contributed by atoms with van der Waals surface area (Å²) < 4.78 is 71.7. The first-order valence-corrected chi connectivity index (χ1v) is 10.2. The van der Waals surface area contributed by atoms with Gasteiger partial charge in [-0.25, -0.2) is 22.2 Å². The van der Waals surface area contributed by atoms with Crippen LogP contribution in [-0.4, -0.2) is 38.8 Å². The average Bonchev–Trinajstić information content (AvgIpc) is 2.84. The van der Waals surface area contributed by atoms with E-state index in [1.807, 2.05) is 27.7 Å². The van der Waals surface area contributed by atoms with Gasteiger partial charge in [0.15, 0.2) is 0 Å². The lowest BCUT2D eigenvalue weighted by atomic mass is 9.80. The highest BCUT2D eigenvalue weighted by Gasteiger charge is 2.52. The molecule has 1 aromatic heterocycles. The quantitative estimate of drug-likeness (QED) is 0.740. The molecule has 3 rings (SSSR count). The predicted molar refractivity (Wildman–Crippen MR) is 104 cm³/mol. The van der Waals surface area contributed by atoms with Crippen molar-refractivity contribution in [1.82, 2.24) is 4.98 Å². The zero-order valence-electron chi connectivity index (χ0n) is 16.6. The number of nitrogens with one attached hydrogen (secondary N) is 1. The minimum atomic E-state index is -4.31. The third kappa shape index (κ3) is 4.07. The van der Waals surface area contributed by atoms with Crippen LogP contribution in [0.3, 0.4) is 0 Å². The van der Waals surface area contributed by atoms with Crippen LogP contribution in [0.1, 0.15) is 27.7 Å². The van der Waals surface area contributed by atoms with Crippen LogP contribution in [0.2, 0.25) is 0 Å². The Hall–Kier alpha value is -2.24. The number of sulfonamides is 1. The second-order valence-electron chi connectivity index (χ2n) is 7.59. The summed E-state index contributed by atoms with van der Waals surface area (Å²) in [6.07, 6.45) is 1.39. The highest BCUT2D eigenvalue weighted by atomic mass is 32.2. The van der Waals surface area contributed by atoms with Crippen LogP contribution in [0.4, 0.5) is 14.5 Å². The van der Waals surface area contributed by atoms with Gasteiger partial charge in [0.2, 0.25) is 5.88 Å². The Bertz CT molecular complexity index is 1030. The number of pyridine rings is 1. The fourth-order valence-corrected chi connectivity index (χ4v) is 3.90. The molecule has 156 valence electrons. The van der Waals surface area contributed by atoms with E-state index in [4.69, 9.17) is 14.0 Å². The molecule has 1 aliphatic rings. The Morgan fingerprint density at radius 2 is 1.72 bits per heavy atom. The minimum Gasteiger partial charge on any atom is -0.480 e. The fraction of sp³-hybridized carbons (Fsp3) is 0.389. The average molecular weight is 426 g/mol. The van der Waals surface area contributed by atoms with Crippen molar-refractivity contribution in [3.05, 3.63) is 42.1 Å². The number of nitrogens with zero attached hydrogens (tertiary/aromatic N) is 1. The van der Waals surface area contributed by atoms with Crippen molar-refractivity contribution in [1.29, 1.82) is 0 Å². The van der Waals surface area contributed by atoms with Crippen LogP contribution in [-0.2, 0) is 19.3 Å². The maximum absolute atomic E-state index is 13.9. The van der Waals surface area contributed by atoms with E-state index in [2.05, 4.69) is 9.71 Å². The normalized spacial score (nSPS) is 18.0. The Morgan fingerprint density at radius 3 is 2.28 bits per heavy atom. The number of anilines is 1. The Labute approximate surface area is 168 Å². The number of aromatic nitrogens is 1. The first-order valence-electron chi connectivity index (χ1n) is 8.74. The summed E-state index contributed by atoms with van der Waals surface area (Å²) >= 11 is 0. The molecule has 2 aromatic rings. The zero-order valence-corrected chi connectivity index (χ0v) is 17.4. The van der Waals surface area contributed by atoms with Crippen molar-refractivity contribution in [2.75, 3.05) is 11.8 Å². The third-order valence-corrected chi connectivity index (χ3v) is 6.38. The van der Waals surface area contributed by atoms with E-state index in [1.165, 1.54) is 19.4 Å². The zero-order chi connectivity index (χ0) is 21.6. The second kappa shape index (κ2) is 7.23. The number of rotatable bonds is 5. The molecule has 1 saturated heterocycles. The summed E-state index contributed by atoms with van der Waals surface area (Å²) in [6.45, 7) is 7.45. The van der Waals surface area contributed by atoms with E-state index in [1.54, 1.807) is 0 Å². The van der Waals surface area contributed by atoms with Crippen LogP contribution in [0, 0.1) is 11.6 Å². The van der Waals surface area contributed by atoms with Gasteiger partial charge in [-0.15, -0.1) is 0 Å². The van der Waals surface area contributed by atoms with Gasteiger partial charge >= 0.3 is 7.12 Å². The van der Waals surface area contributed by atoms with Gasteiger partial charge in [-0.2, -0.15) is 0 Å². The molecule has 11 heteroatoms. The molecule has 0 spiro atoms. The largest absolute Gasteiger partial charge is 0.496 e. The van der Waals surface area contributed by atoms with Crippen LogP contribution < -0.4 is 14.9 Å². The van der Waals surface area contributed by atoms with Gasteiger partial charge in [0.25, 0.3) is 10.0 Å². The molecule has 0 aliphatic carbocycles. The Morgan fingerprint density at radius 1 is 1.10 bits per heavy atom. The van der Waals surface area contributed by atoms with E-state index in [-0.39, 0.29) is 10.8 Å². The molecule has 0 unspecified atom stereocenters. The summed E-state index contributed by atoms with van der Waals surface area (Å²) in [7, 11) is -3.91. The molecule has 2 heterocycles. The van der Waals surface area contributed by atoms with Gasteiger partial charge in [-0.1, -0.05) is 0 Å². The van der Waals surface area contributed by atoms with Crippen LogP contribution in [0.5, 0.6) is 5.88 Å². The maximum atomic E-state index is 13.9. The maximum Gasteiger partial charge on any atom is 0.496 e. The fourth-order valence-electron chi connectivity index (χ4n) is 2.67. The van der Waals surface area contributed by atoms with Gasteiger partial charge in [0.1, 0.15) is 16.5 Å². The lowest BCUT2D eigenvalue weighted by Crippen LogP contribution is -2.41. The highest BCUT2D eigenvalue weighted by Crippen LogP contribution is 2.36. The number of benzene rings is 1. The lowest BCUT2D eigenvalue weighted by molar-refractivity contribution is 0.00578. The molecule has 0 bridgehead atoms. The summed E-state index contributed by atoms with van der Waals surface area (Å²) in [5.74, 6) is -2.07. The monoisotopic (exact) mass is 426 g/mol. The number of hydrogen-bond donors (Lipinski definition) is 1. The molecule has 0 atom stereocenters. The molecular weight excluding hydrogens is 405 g/mol. The van der Waals surface area contributed by atoms with Crippen molar-refractivity contribution >= 4 is 28.3 Å². The van der Waals surface area contributed by atoms with Gasteiger partial charge in [-0.05, 0) is 45.9 Å². The van der Waals surface area contributed by atoms with E-state index < -0.39 is 45.7 Å². The van der Waals surface area contributed by atoms with Gasteiger partial charge in [-0.3, -0.25) is 4.72 Å². The molecule has 0 radical (unpaired) electrons. The third-order valence-electron chi connectivity index (χ3n) is 5.02. The standard InChI is InChI=1S/C18H21BF2N2O5S/c1-17(2)18(3,4)28-19(27-17)11-8-15(16(26-5)22-10-11)29(24,25)23-14-7-6-12(20)9-13(14)21/h6-10,23H,1-5H3. The van der Waals surface area contributed by atoms with Crippen LogP contribution in [0.15, 0.2) is 35.4 Å². The molecule has 1 aliphatic heterocycles. The Balaban J connectivity index is 1.99. The van der Waals surface area contributed by atoms with E-state index >= 15 is 0 Å². The van der Waals surface area contributed by atoms with Crippen molar-refractivity contribution in [3.63, 3.8) is 0 Å². The summed E-state index contributed by atoms with van der Waals surface area (Å²) in [5, 5.41) is 0. The number of methoxy groups -OCH3 is 1. The van der Waals surface area contributed by atoms with Crippen molar-refractivity contribution in [2.45, 2.75) is 43.8 Å².